The van der Waals surface area contributed by atoms with E-state index in [-0.39, 0.29) is 0 Å². The van der Waals surface area contributed by atoms with Crippen molar-refractivity contribution in [1.82, 2.24) is 0 Å². The Bertz CT molecular complexity index is 461. The van der Waals surface area contributed by atoms with Gasteiger partial charge in [-0.05, 0) is 46.7 Å². The molecule has 0 heteroatoms. The Hall–Kier alpha value is -0.780. The van der Waals surface area contributed by atoms with Crippen LogP contribution >= 0.6 is 0 Å². The van der Waals surface area contributed by atoms with Gasteiger partial charge in [0.25, 0.3) is 0 Å². The third-order valence-corrected chi connectivity index (χ3v) is 4.93. The molecule has 1 rings (SSSR count). The summed E-state index contributed by atoms with van der Waals surface area (Å²) in [6.45, 7) is 34.2. The Morgan fingerprint density at radius 2 is 0.750 bits per heavy atom. The SMILES string of the molecule is CC.CC(C)C.CC(C)C1=C(C(C)C)C(C(C)C)C(C(C)C)=C(C(C)C)C=C1. The molecule has 0 heterocycles. The van der Waals surface area contributed by atoms with Gasteiger partial charge in [-0.15, -0.1) is 0 Å². The van der Waals surface area contributed by atoms with Crippen LogP contribution in [0.5, 0.6) is 0 Å². The molecule has 0 aromatic heterocycles. The Morgan fingerprint density at radius 1 is 0.500 bits per heavy atom. The molecule has 0 nitrogen and oxygen atoms in total. The highest BCUT2D eigenvalue weighted by Crippen LogP contribution is 2.44. The molecular weight excluding hydrogens is 336 g/mol. The first-order valence-electron chi connectivity index (χ1n) is 12.0. The minimum absolute atomic E-state index is 0.588. The van der Waals surface area contributed by atoms with Crippen LogP contribution in [0.2, 0.25) is 0 Å². The molecule has 0 aromatic carbocycles. The standard InChI is InChI=1S/C22H38.C4H10.C2H6/c1-13(2)18-11-12-19(14(3)4)21(16(7)8)22(17(9)10)20(18)15(5)6;1-4(2)3;1-2/h11-17,22H,1-10H3;4H,1-3H3;1-2H3. The molecule has 1 aliphatic carbocycles. The summed E-state index contributed by atoms with van der Waals surface area (Å²) in [6, 6.07) is 0. The van der Waals surface area contributed by atoms with E-state index in [1.807, 2.05) is 13.8 Å². The first kappa shape index (κ1) is 29.4. The molecule has 0 bridgehead atoms. The molecule has 0 fully saturated rings. The van der Waals surface area contributed by atoms with Gasteiger partial charge in [0.05, 0.1) is 0 Å². The highest BCUT2D eigenvalue weighted by Gasteiger charge is 2.32. The van der Waals surface area contributed by atoms with E-state index in [2.05, 4.69) is 102 Å². The quantitative estimate of drug-likeness (QED) is 0.438. The predicted octanol–water partition coefficient (Wildman–Crippen LogP) is 9.73. The molecule has 0 aromatic rings. The van der Waals surface area contributed by atoms with Crippen molar-refractivity contribution in [2.45, 2.75) is 104 Å². The second-order valence-electron chi connectivity index (χ2n) is 10.2. The average Bonchev–Trinajstić information content (AvgIpc) is 2.73. The minimum Gasteiger partial charge on any atom is -0.0683 e. The van der Waals surface area contributed by atoms with E-state index < -0.39 is 0 Å². The maximum Gasteiger partial charge on any atom is 0.00470 e. The highest BCUT2D eigenvalue weighted by molar-refractivity contribution is 5.46. The first-order chi connectivity index (χ1) is 12.8. The van der Waals surface area contributed by atoms with Crippen molar-refractivity contribution < 1.29 is 0 Å². The Morgan fingerprint density at radius 3 is 0.893 bits per heavy atom. The summed E-state index contributed by atoms with van der Waals surface area (Å²) in [5.41, 5.74) is 6.51. The molecule has 0 amide bonds. The summed E-state index contributed by atoms with van der Waals surface area (Å²) in [7, 11) is 0. The maximum absolute atomic E-state index is 2.43. The first-order valence-corrected chi connectivity index (χ1v) is 12.0. The fourth-order valence-electron chi connectivity index (χ4n) is 4.05. The van der Waals surface area contributed by atoms with Gasteiger partial charge in [-0.25, -0.2) is 0 Å². The van der Waals surface area contributed by atoms with Crippen LogP contribution in [0, 0.1) is 41.4 Å². The Labute approximate surface area is 180 Å². The van der Waals surface area contributed by atoms with E-state index in [0.717, 1.165) is 5.92 Å². The molecule has 1 aliphatic rings. The van der Waals surface area contributed by atoms with Crippen LogP contribution in [0.4, 0.5) is 0 Å². The zero-order valence-corrected chi connectivity index (χ0v) is 22.2. The van der Waals surface area contributed by atoms with Gasteiger partial charge < -0.3 is 0 Å². The zero-order chi connectivity index (χ0) is 22.8. The molecule has 0 unspecified atom stereocenters. The normalized spacial score (nSPS) is 15.6. The van der Waals surface area contributed by atoms with Crippen LogP contribution in [-0.2, 0) is 0 Å². The topological polar surface area (TPSA) is 0 Å². The van der Waals surface area contributed by atoms with Crippen LogP contribution in [0.15, 0.2) is 34.4 Å². The predicted molar refractivity (Wildman–Crippen MR) is 133 cm³/mol. The van der Waals surface area contributed by atoms with Crippen molar-refractivity contribution in [3.8, 4) is 0 Å². The Balaban J connectivity index is 0. The smallest absolute Gasteiger partial charge is 0.00470 e. The van der Waals surface area contributed by atoms with Gasteiger partial charge in [-0.3, -0.25) is 0 Å². The summed E-state index contributed by atoms with van der Waals surface area (Å²) in [4.78, 5) is 0. The summed E-state index contributed by atoms with van der Waals surface area (Å²) in [5.74, 6) is 4.47. The van der Waals surface area contributed by atoms with Gasteiger partial charge in [0.15, 0.2) is 0 Å². The molecule has 0 saturated heterocycles. The number of hydrogen-bond donors (Lipinski definition) is 0. The van der Waals surface area contributed by atoms with Gasteiger partial charge in [0.2, 0.25) is 0 Å². The van der Waals surface area contributed by atoms with E-state index in [4.69, 9.17) is 0 Å². The number of hydrogen-bond acceptors (Lipinski definition) is 0. The van der Waals surface area contributed by atoms with Gasteiger partial charge in [-0.1, -0.05) is 127 Å². The molecule has 0 N–H and O–H groups in total. The highest BCUT2D eigenvalue weighted by atomic mass is 14.4. The summed E-state index contributed by atoms with van der Waals surface area (Å²) < 4.78 is 0. The van der Waals surface area contributed by atoms with Crippen molar-refractivity contribution in [3.05, 3.63) is 34.4 Å². The van der Waals surface area contributed by atoms with Gasteiger partial charge in [-0.2, -0.15) is 0 Å². The zero-order valence-electron chi connectivity index (χ0n) is 22.2. The van der Waals surface area contributed by atoms with Crippen molar-refractivity contribution in [1.29, 1.82) is 0 Å². The maximum atomic E-state index is 2.43. The monoisotopic (exact) mass is 390 g/mol. The largest absolute Gasteiger partial charge is 0.0683 e. The molecule has 28 heavy (non-hydrogen) atoms. The van der Waals surface area contributed by atoms with Gasteiger partial charge in [0.1, 0.15) is 0 Å². The number of rotatable bonds is 5. The van der Waals surface area contributed by atoms with E-state index in [1.165, 1.54) is 0 Å². The van der Waals surface area contributed by atoms with Crippen LogP contribution in [0.25, 0.3) is 0 Å². The van der Waals surface area contributed by atoms with Gasteiger partial charge >= 0.3 is 0 Å². The lowest BCUT2D eigenvalue weighted by Crippen LogP contribution is -2.24. The fourth-order valence-corrected chi connectivity index (χ4v) is 4.05. The Kier molecular flexibility index (Phi) is 15.0. The van der Waals surface area contributed by atoms with Crippen molar-refractivity contribution in [2.75, 3.05) is 0 Å². The lowest BCUT2D eigenvalue weighted by molar-refractivity contribution is 0.421. The van der Waals surface area contributed by atoms with Crippen molar-refractivity contribution in [3.63, 3.8) is 0 Å². The lowest BCUT2D eigenvalue weighted by Gasteiger charge is -2.35. The third-order valence-electron chi connectivity index (χ3n) is 4.93. The molecule has 166 valence electrons. The lowest BCUT2D eigenvalue weighted by atomic mass is 9.70. The molecule has 0 spiro atoms. The molecule has 0 radical (unpaired) electrons. The summed E-state index contributed by atoms with van der Waals surface area (Å²) in [6.07, 6.45) is 4.86. The van der Waals surface area contributed by atoms with Crippen LogP contribution in [-0.4, -0.2) is 0 Å². The summed E-state index contributed by atoms with van der Waals surface area (Å²) in [5, 5.41) is 0. The van der Waals surface area contributed by atoms with E-state index >= 15 is 0 Å². The van der Waals surface area contributed by atoms with Crippen LogP contribution < -0.4 is 0 Å². The third kappa shape index (κ3) is 9.15. The number of allylic oxidation sites excluding steroid dienone is 6. The van der Waals surface area contributed by atoms with Crippen LogP contribution in [0.3, 0.4) is 0 Å². The molecule has 0 aliphatic heterocycles. The minimum atomic E-state index is 0.588. The average molecular weight is 391 g/mol. The van der Waals surface area contributed by atoms with Crippen LogP contribution in [0.1, 0.15) is 104 Å². The van der Waals surface area contributed by atoms with Crippen molar-refractivity contribution in [2.24, 2.45) is 41.4 Å². The van der Waals surface area contributed by atoms with Gasteiger partial charge in [0, 0.05) is 5.92 Å². The molecule has 0 saturated carbocycles. The summed E-state index contributed by atoms with van der Waals surface area (Å²) >= 11 is 0. The van der Waals surface area contributed by atoms with E-state index in [0.29, 0.717) is 35.5 Å². The fraction of sp³-hybridized carbons (Fsp3) is 0.786. The van der Waals surface area contributed by atoms with E-state index in [9.17, 15) is 0 Å². The second-order valence-corrected chi connectivity index (χ2v) is 10.2. The van der Waals surface area contributed by atoms with E-state index in [1.54, 1.807) is 22.3 Å². The van der Waals surface area contributed by atoms with Crippen molar-refractivity contribution >= 4 is 0 Å². The second kappa shape index (κ2) is 14.2. The molecule has 0 atom stereocenters. The molecular formula is C28H54.